The van der Waals surface area contributed by atoms with E-state index in [2.05, 4.69) is 0 Å². The highest BCUT2D eigenvalue weighted by Crippen LogP contribution is 2.31. The summed E-state index contributed by atoms with van der Waals surface area (Å²) in [7, 11) is 0. The molecule has 0 saturated carbocycles. The van der Waals surface area contributed by atoms with Gasteiger partial charge in [-0.05, 0) is 5.56 Å². The quantitative estimate of drug-likeness (QED) is 0.618. The fraction of sp³-hybridized carbons (Fsp3) is 0.467. The Morgan fingerprint density at radius 2 is 2.14 bits per heavy atom. The van der Waals surface area contributed by atoms with Gasteiger partial charge in [0, 0.05) is 6.42 Å². The van der Waals surface area contributed by atoms with Crippen LogP contribution in [-0.2, 0) is 30.3 Å². The van der Waals surface area contributed by atoms with Crippen LogP contribution in [0.1, 0.15) is 12.0 Å². The molecule has 0 aliphatic carbocycles. The molecule has 1 aromatic rings. The van der Waals surface area contributed by atoms with E-state index < -0.39 is 18.4 Å². The van der Waals surface area contributed by atoms with Crippen LogP contribution in [0.5, 0.6) is 0 Å². The number of hydrogen-bond acceptors (Lipinski definition) is 6. The lowest BCUT2D eigenvalue weighted by Crippen LogP contribution is -2.33. The highest BCUT2D eigenvalue weighted by molar-refractivity contribution is 5.60. The van der Waals surface area contributed by atoms with Gasteiger partial charge in [-0.15, -0.1) is 0 Å². The predicted octanol–water partition coefficient (Wildman–Crippen LogP) is 1.46. The molecule has 0 N–H and O–H groups in total. The lowest BCUT2D eigenvalue weighted by atomic mass is 10.1. The van der Waals surface area contributed by atoms with Gasteiger partial charge in [0.2, 0.25) is 0 Å². The Labute approximate surface area is 121 Å². The molecule has 2 heterocycles. The largest absolute Gasteiger partial charge is 0.509 e. The molecule has 2 fully saturated rings. The monoisotopic (exact) mass is 292 g/mol. The summed E-state index contributed by atoms with van der Waals surface area (Å²) >= 11 is 0. The third-order valence-electron chi connectivity index (χ3n) is 3.60. The molecular formula is C15H16O6. The van der Waals surface area contributed by atoms with Crippen molar-refractivity contribution in [3.8, 4) is 0 Å². The minimum Gasteiger partial charge on any atom is -0.429 e. The van der Waals surface area contributed by atoms with E-state index in [0.29, 0.717) is 6.42 Å². The van der Waals surface area contributed by atoms with Gasteiger partial charge in [0.05, 0.1) is 12.7 Å². The maximum atomic E-state index is 11.7. The first-order chi connectivity index (χ1) is 10.3. The molecule has 0 bridgehead atoms. The molecule has 6 nitrogen and oxygen atoms in total. The van der Waals surface area contributed by atoms with Crippen molar-refractivity contribution in [2.75, 3.05) is 6.61 Å². The first-order valence-electron chi connectivity index (χ1n) is 6.86. The molecule has 0 unspecified atom stereocenters. The van der Waals surface area contributed by atoms with Crippen LogP contribution in [0.15, 0.2) is 30.3 Å². The van der Waals surface area contributed by atoms with Gasteiger partial charge in [0.15, 0.2) is 6.10 Å². The Hall–Kier alpha value is -1.92. The van der Waals surface area contributed by atoms with Crippen molar-refractivity contribution in [3.63, 3.8) is 0 Å². The number of rotatable bonds is 4. The molecule has 0 radical (unpaired) electrons. The molecule has 112 valence electrons. The predicted molar refractivity (Wildman–Crippen MR) is 70.6 cm³/mol. The van der Waals surface area contributed by atoms with Crippen LogP contribution >= 0.6 is 0 Å². The number of benzene rings is 1. The third kappa shape index (κ3) is 3.22. The molecule has 21 heavy (non-hydrogen) atoms. The Morgan fingerprint density at radius 1 is 1.33 bits per heavy atom. The van der Waals surface area contributed by atoms with E-state index in [9.17, 15) is 9.59 Å². The summed E-state index contributed by atoms with van der Waals surface area (Å²) in [5.41, 5.74) is 0.883. The third-order valence-corrected chi connectivity index (χ3v) is 3.60. The molecule has 3 rings (SSSR count). The normalized spacial score (nSPS) is 30.7. The average molecular weight is 292 g/mol. The Morgan fingerprint density at radius 3 is 2.90 bits per heavy atom. The van der Waals surface area contributed by atoms with E-state index in [-0.39, 0.29) is 25.4 Å². The van der Waals surface area contributed by atoms with Crippen LogP contribution < -0.4 is 0 Å². The van der Waals surface area contributed by atoms with Crippen molar-refractivity contribution in [2.24, 2.45) is 0 Å². The molecular weight excluding hydrogens is 276 g/mol. The first kappa shape index (κ1) is 14.0. The van der Waals surface area contributed by atoms with Crippen molar-refractivity contribution in [3.05, 3.63) is 35.9 Å². The molecule has 0 spiro atoms. The maximum Gasteiger partial charge on any atom is 0.509 e. The van der Waals surface area contributed by atoms with E-state index in [1.807, 2.05) is 30.3 Å². The Balaban J connectivity index is 1.48. The number of carbonyl (C=O) groups excluding carboxylic acids is 2. The summed E-state index contributed by atoms with van der Waals surface area (Å²) < 4.78 is 21.2. The summed E-state index contributed by atoms with van der Waals surface area (Å²) in [6.07, 6.45) is -1.09. The van der Waals surface area contributed by atoms with E-state index in [1.165, 1.54) is 0 Å². The minimum absolute atomic E-state index is 0.152. The summed E-state index contributed by atoms with van der Waals surface area (Å²) in [4.78, 5) is 22.4. The van der Waals surface area contributed by atoms with Gasteiger partial charge in [-0.25, -0.2) is 4.79 Å². The Kier molecular flexibility index (Phi) is 4.17. The van der Waals surface area contributed by atoms with Gasteiger partial charge in [-0.3, -0.25) is 0 Å². The van der Waals surface area contributed by atoms with Gasteiger partial charge in [0.25, 0.3) is 0 Å². The number of fused-ring (bicyclic) bond motifs is 1. The highest BCUT2D eigenvalue weighted by Gasteiger charge is 2.47. The maximum absolute atomic E-state index is 11.7. The van der Waals surface area contributed by atoms with Gasteiger partial charge in [-0.2, -0.15) is 0 Å². The second-order valence-corrected chi connectivity index (χ2v) is 5.06. The van der Waals surface area contributed by atoms with Crippen molar-refractivity contribution in [1.29, 1.82) is 0 Å². The SMILES string of the molecule is O=C[C@H]1C[C@@H]2OC[C@@H](OC(=O)OCc3ccccc3)[C@@H]2O1. The Bertz CT molecular complexity index is 502. The zero-order valence-corrected chi connectivity index (χ0v) is 11.3. The molecule has 2 aliphatic heterocycles. The lowest BCUT2D eigenvalue weighted by Gasteiger charge is -2.17. The summed E-state index contributed by atoms with van der Waals surface area (Å²) in [5.74, 6) is 0. The van der Waals surface area contributed by atoms with Crippen LogP contribution in [0.25, 0.3) is 0 Å². The van der Waals surface area contributed by atoms with Gasteiger partial charge in [-0.1, -0.05) is 30.3 Å². The summed E-state index contributed by atoms with van der Waals surface area (Å²) in [6, 6.07) is 9.34. The molecule has 2 saturated heterocycles. The molecule has 0 aromatic heterocycles. The van der Waals surface area contributed by atoms with Crippen LogP contribution in [0.4, 0.5) is 4.79 Å². The van der Waals surface area contributed by atoms with Crippen LogP contribution in [0, 0.1) is 0 Å². The van der Waals surface area contributed by atoms with Crippen LogP contribution in [0.3, 0.4) is 0 Å². The number of carbonyl (C=O) groups is 2. The topological polar surface area (TPSA) is 71.1 Å². The standard InChI is InChI=1S/C15H16O6/c16-7-11-6-12-14(20-11)13(9-18-12)21-15(17)19-8-10-4-2-1-3-5-10/h1-5,7,11-14H,6,8-9H2/t11-,12+,13-,14-/m1/s1. The zero-order valence-electron chi connectivity index (χ0n) is 11.3. The van der Waals surface area contributed by atoms with Gasteiger partial charge in [0.1, 0.15) is 25.1 Å². The second-order valence-electron chi connectivity index (χ2n) is 5.06. The highest BCUT2D eigenvalue weighted by atomic mass is 16.7. The van der Waals surface area contributed by atoms with E-state index in [4.69, 9.17) is 18.9 Å². The van der Waals surface area contributed by atoms with Crippen molar-refractivity contribution >= 4 is 12.4 Å². The van der Waals surface area contributed by atoms with Gasteiger partial charge >= 0.3 is 6.16 Å². The summed E-state index contributed by atoms with van der Waals surface area (Å²) in [6.45, 7) is 0.417. The van der Waals surface area contributed by atoms with Gasteiger partial charge < -0.3 is 23.7 Å². The molecule has 0 amide bonds. The fourth-order valence-corrected chi connectivity index (χ4v) is 2.57. The minimum atomic E-state index is -0.758. The van der Waals surface area contributed by atoms with Crippen molar-refractivity contribution in [1.82, 2.24) is 0 Å². The average Bonchev–Trinajstić information content (AvgIpc) is 3.08. The molecule has 2 aliphatic rings. The van der Waals surface area contributed by atoms with E-state index in [0.717, 1.165) is 11.8 Å². The number of aldehydes is 1. The number of ether oxygens (including phenoxy) is 4. The second kappa shape index (κ2) is 6.24. The molecule has 4 atom stereocenters. The van der Waals surface area contributed by atoms with Crippen LogP contribution in [-0.4, -0.2) is 43.5 Å². The first-order valence-corrected chi connectivity index (χ1v) is 6.86. The number of hydrogen-bond donors (Lipinski definition) is 0. The van der Waals surface area contributed by atoms with Crippen molar-refractivity contribution < 1.29 is 28.5 Å². The van der Waals surface area contributed by atoms with Crippen molar-refractivity contribution in [2.45, 2.75) is 37.4 Å². The summed E-state index contributed by atoms with van der Waals surface area (Å²) in [5, 5.41) is 0. The molecule has 1 aromatic carbocycles. The smallest absolute Gasteiger partial charge is 0.429 e. The van der Waals surface area contributed by atoms with E-state index >= 15 is 0 Å². The molecule has 6 heteroatoms. The van der Waals surface area contributed by atoms with Crippen LogP contribution in [0.2, 0.25) is 0 Å². The van der Waals surface area contributed by atoms with E-state index in [1.54, 1.807) is 0 Å². The lowest BCUT2D eigenvalue weighted by molar-refractivity contribution is -0.120. The zero-order chi connectivity index (χ0) is 14.7. The fourth-order valence-electron chi connectivity index (χ4n) is 2.57.